The lowest BCUT2D eigenvalue weighted by atomic mass is 9.85. The third-order valence-electron chi connectivity index (χ3n) is 6.27. The van der Waals surface area contributed by atoms with Gasteiger partial charge in [0.25, 0.3) is 5.91 Å². The predicted octanol–water partition coefficient (Wildman–Crippen LogP) is 2.32. The Kier molecular flexibility index (Phi) is 7.92. The standard InChI is InChI=1S/C25H32N4O4/c1-17(23(25(31)33-3)15-19-5-4-12-28(16-19)18(2)26)27-24(30)22-8-6-20(7-9-22)21-10-13-29(32)14-11-21/h6-11,13-14,17,19,23H,2,4-5,12,15-16,26H2,1,3H3,(H-,27,30,32)/p+1/t17-,19?,23-/m1/s1. The molecule has 1 unspecified atom stereocenters. The molecule has 3 rings (SSSR count). The lowest BCUT2D eigenvalue weighted by molar-refractivity contribution is -0.904. The van der Waals surface area contributed by atoms with Crippen LogP contribution in [0.25, 0.3) is 11.1 Å². The van der Waals surface area contributed by atoms with Crippen molar-refractivity contribution < 1.29 is 24.3 Å². The first-order chi connectivity index (χ1) is 15.8. The van der Waals surface area contributed by atoms with Gasteiger partial charge in [-0.3, -0.25) is 14.8 Å². The number of nitrogens with two attached hydrogens (primary N) is 1. The molecule has 0 bridgehead atoms. The fourth-order valence-electron chi connectivity index (χ4n) is 4.35. The van der Waals surface area contributed by atoms with E-state index in [1.54, 1.807) is 36.7 Å². The molecule has 2 heterocycles. The fraction of sp³-hybridized carbons (Fsp3) is 0.400. The highest BCUT2D eigenvalue weighted by atomic mass is 16.5. The molecule has 4 N–H and O–H groups in total. The number of hydrogen-bond donors (Lipinski definition) is 3. The van der Waals surface area contributed by atoms with E-state index in [0.29, 0.717) is 17.8 Å². The number of carbonyl (C=O) groups is 2. The molecular weight excluding hydrogens is 420 g/mol. The first kappa shape index (κ1) is 24.1. The lowest BCUT2D eigenvalue weighted by Crippen LogP contribution is -2.44. The first-order valence-electron chi connectivity index (χ1n) is 11.2. The molecule has 0 spiro atoms. The van der Waals surface area contributed by atoms with Gasteiger partial charge in [-0.15, -0.1) is 0 Å². The molecule has 8 nitrogen and oxygen atoms in total. The second kappa shape index (κ2) is 10.8. The molecule has 1 aliphatic heterocycles. The number of nitrogens with one attached hydrogen (secondary N) is 1. The van der Waals surface area contributed by atoms with E-state index in [1.165, 1.54) is 7.11 Å². The summed E-state index contributed by atoms with van der Waals surface area (Å²) in [6.07, 6.45) is 5.67. The maximum atomic E-state index is 12.9. The SMILES string of the molecule is C=C(N)N1CCCC(C[C@@H](C(=O)OC)[C@@H](C)NC(=O)c2ccc(-c3cc[n+](O)cc3)cc2)C1. The number of likely N-dealkylation sites (tertiary alicyclic amines) is 1. The Morgan fingerprint density at radius 2 is 1.88 bits per heavy atom. The van der Waals surface area contributed by atoms with Gasteiger partial charge < -0.3 is 20.7 Å². The molecule has 1 fully saturated rings. The van der Waals surface area contributed by atoms with E-state index in [9.17, 15) is 14.8 Å². The quantitative estimate of drug-likeness (QED) is 0.322. The fourth-order valence-corrected chi connectivity index (χ4v) is 4.35. The summed E-state index contributed by atoms with van der Waals surface area (Å²) in [6.45, 7) is 7.29. The molecular formula is C25H33N4O4+. The largest absolute Gasteiger partial charge is 0.469 e. The highest BCUT2D eigenvalue weighted by Gasteiger charge is 2.32. The Hall–Kier alpha value is -3.55. The van der Waals surface area contributed by atoms with Gasteiger partial charge in [-0.1, -0.05) is 18.7 Å². The molecule has 1 aromatic carbocycles. The summed E-state index contributed by atoms with van der Waals surface area (Å²) in [5.41, 5.74) is 8.22. The van der Waals surface area contributed by atoms with Crippen molar-refractivity contribution in [2.24, 2.45) is 17.6 Å². The minimum atomic E-state index is -0.455. The maximum Gasteiger partial charge on any atom is 0.310 e. The van der Waals surface area contributed by atoms with Crippen molar-refractivity contribution in [3.8, 4) is 11.1 Å². The van der Waals surface area contributed by atoms with Crippen molar-refractivity contribution >= 4 is 11.9 Å². The average Bonchev–Trinajstić information content (AvgIpc) is 2.82. The van der Waals surface area contributed by atoms with Crippen LogP contribution in [0.3, 0.4) is 0 Å². The molecule has 2 aromatic rings. The van der Waals surface area contributed by atoms with Crippen molar-refractivity contribution in [2.75, 3.05) is 20.2 Å². The topological polar surface area (TPSA) is 109 Å². The summed E-state index contributed by atoms with van der Waals surface area (Å²) in [5.74, 6) is -0.212. The normalized spacial score (nSPS) is 17.6. The smallest absolute Gasteiger partial charge is 0.310 e. The van der Waals surface area contributed by atoms with Crippen LogP contribution in [0.2, 0.25) is 0 Å². The number of benzene rings is 1. The van der Waals surface area contributed by atoms with Gasteiger partial charge in [-0.25, -0.2) is 0 Å². The van der Waals surface area contributed by atoms with Crippen LogP contribution in [0.4, 0.5) is 0 Å². The molecule has 33 heavy (non-hydrogen) atoms. The number of amides is 1. The van der Waals surface area contributed by atoms with E-state index in [4.69, 9.17) is 10.5 Å². The number of ether oxygens (including phenoxy) is 1. The third-order valence-corrected chi connectivity index (χ3v) is 6.27. The van der Waals surface area contributed by atoms with Crippen molar-refractivity contribution in [1.82, 2.24) is 10.2 Å². The molecule has 8 heteroatoms. The third kappa shape index (κ3) is 6.25. The second-order valence-corrected chi connectivity index (χ2v) is 8.62. The van der Waals surface area contributed by atoms with Crippen LogP contribution in [0, 0.1) is 11.8 Å². The van der Waals surface area contributed by atoms with Gasteiger partial charge in [0.1, 0.15) is 0 Å². The maximum absolute atomic E-state index is 12.9. The summed E-state index contributed by atoms with van der Waals surface area (Å²) >= 11 is 0. The Bertz CT molecular complexity index is 975. The summed E-state index contributed by atoms with van der Waals surface area (Å²) in [4.78, 5) is 27.4. The summed E-state index contributed by atoms with van der Waals surface area (Å²) < 4.78 is 6.02. The average molecular weight is 454 g/mol. The number of piperidine rings is 1. The highest BCUT2D eigenvalue weighted by molar-refractivity contribution is 5.95. The van der Waals surface area contributed by atoms with E-state index in [2.05, 4.69) is 11.9 Å². The van der Waals surface area contributed by atoms with Crippen molar-refractivity contribution in [1.29, 1.82) is 0 Å². The van der Waals surface area contributed by atoms with Crippen LogP contribution in [0.1, 0.15) is 36.5 Å². The number of hydrogen-bond acceptors (Lipinski definition) is 6. The van der Waals surface area contributed by atoms with E-state index < -0.39 is 12.0 Å². The monoisotopic (exact) mass is 453 g/mol. The van der Waals surface area contributed by atoms with Crippen LogP contribution >= 0.6 is 0 Å². The Morgan fingerprint density at radius 3 is 2.48 bits per heavy atom. The summed E-state index contributed by atoms with van der Waals surface area (Å²) in [6, 6.07) is 10.4. The Labute approximate surface area is 194 Å². The van der Waals surface area contributed by atoms with Crippen LogP contribution in [0.15, 0.2) is 61.2 Å². The first-order valence-corrected chi connectivity index (χ1v) is 11.2. The van der Waals surface area contributed by atoms with Gasteiger partial charge in [0.2, 0.25) is 12.4 Å². The zero-order valence-electron chi connectivity index (χ0n) is 19.2. The van der Waals surface area contributed by atoms with Gasteiger partial charge in [-0.05, 0) is 55.4 Å². The molecule has 1 aromatic heterocycles. The molecule has 1 amide bonds. The Morgan fingerprint density at radius 1 is 1.24 bits per heavy atom. The van der Waals surface area contributed by atoms with Crippen LogP contribution < -0.4 is 15.8 Å². The summed E-state index contributed by atoms with van der Waals surface area (Å²) in [7, 11) is 1.37. The summed E-state index contributed by atoms with van der Waals surface area (Å²) in [5, 5.41) is 12.3. The van der Waals surface area contributed by atoms with Gasteiger partial charge in [-0.2, -0.15) is 0 Å². The van der Waals surface area contributed by atoms with Crippen molar-refractivity contribution in [2.45, 2.75) is 32.2 Å². The molecule has 1 aliphatic rings. The molecule has 176 valence electrons. The molecule has 0 saturated carbocycles. The van der Waals surface area contributed by atoms with E-state index >= 15 is 0 Å². The van der Waals surface area contributed by atoms with Crippen molar-refractivity contribution in [3.63, 3.8) is 0 Å². The van der Waals surface area contributed by atoms with E-state index in [1.807, 2.05) is 24.0 Å². The second-order valence-electron chi connectivity index (χ2n) is 8.62. The van der Waals surface area contributed by atoms with Gasteiger partial charge in [0.15, 0.2) is 0 Å². The molecule has 0 radical (unpaired) electrons. The van der Waals surface area contributed by atoms with E-state index in [-0.39, 0.29) is 17.8 Å². The van der Waals surface area contributed by atoms with Gasteiger partial charge in [0.05, 0.1) is 18.8 Å². The molecule has 0 aliphatic carbocycles. The number of pyridine rings is 1. The highest BCUT2D eigenvalue weighted by Crippen LogP contribution is 2.27. The number of aromatic nitrogens is 1. The number of carbonyl (C=O) groups excluding carboxylic acids is 2. The zero-order chi connectivity index (χ0) is 24.0. The number of rotatable bonds is 8. The van der Waals surface area contributed by atoms with Crippen LogP contribution in [0.5, 0.6) is 0 Å². The number of methoxy groups -OCH3 is 1. The zero-order valence-corrected chi connectivity index (χ0v) is 19.2. The van der Waals surface area contributed by atoms with Crippen molar-refractivity contribution in [3.05, 3.63) is 66.8 Å². The van der Waals surface area contributed by atoms with Gasteiger partial charge in [0, 0.05) is 41.6 Å². The van der Waals surface area contributed by atoms with Gasteiger partial charge >= 0.3 is 5.97 Å². The minimum absolute atomic E-state index is 0.246. The lowest BCUT2D eigenvalue weighted by Gasteiger charge is -2.36. The van der Waals surface area contributed by atoms with Crippen LogP contribution in [-0.2, 0) is 9.53 Å². The van der Waals surface area contributed by atoms with E-state index in [0.717, 1.165) is 41.8 Å². The predicted molar refractivity (Wildman–Crippen MR) is 124 cm³/mol. The molecule has 1 saturated heterocycles. The molecule has 3 atom stereocenters. The minimum Gasteiger partial charge on any atom is -0.469 e. The van der Waals surface area contributed by atoms with Crippen LogP contribution in [-0.4, -0.2) is 48.2 Å². The number of esters is 1. The number of nitrogens with zero attached hydrogens (tertiary/aromatic N) is 2. The Balaban J connectivity index is 1.65.